The molecule has 1 amide bonds. The van der Waals surface area contributed by atoms with Gasteiger partial charge in [-0.1, -0.05) is 65.8 Å². The number of amides is 1. The number of halogens is 1. The van der Waals surface area contributed by atoms with Gasteiger partial charge in [0.1, 0.15) is 0 Å². The zero-order chi connectivity index (χ0) is 18.4. The van der Waals surface area contributed by atoms with Crippen LogP contribution in [0.15, 0.2) is 59.8 Å². The van der Waals surface area contributed by atoms with Gasteiger partial charge in [0.2, 0.25) is 11.1 Å². The first kappa shape index (κ1) is 18.3. The summed E-state index contributed by atoms with van der Waals surface area (Å²) in [6, 6.07) is 17.3. The molecule has 0 bridgehead atoms. The molecule has 0 saturated heterocycles. The van der Waals surface area contributed by atoms with E-state index in [1.807, 2.05) is 48.5 Å². The molecule has 2 aromatic carbocycles. The Kier molecular flexibility index (Phi) is 6.14. The fourth-order valence-electron chi connectivity index (χ4n) is 2.37. The lowest BCUT2D eigenvalue weighted by Crippen LogP contribution is -2.27. The standard InChI is InChI=1S/C18H18ClN5OS/c19-15-9-5-4-8-14(15)17-22-23-18(24(17)20)26-12-16(25)21-11-10-13-6-2-1-3-7-13/h1-9H,10-12,20H2,(H,21,25). The summed E-state index contributed by atoms with van der Waals surface area (Å²) >= 11 is 7.40. The normalized spacial score (nSPS) is 10.7. The molecule has 0 saturated carbocycles. The predicted octanol–water partition coefficient (Wildman–Crippen LogP) is 2.76. The lowest BCUT2D eigenvalue weighted by atomic mass is 10.1. The van der Waals surface area contributed by atoms with Crippen LogP contribution < -0.4 is 11.2 Å². The second-order valence-electron chi connectivity index (χ2n) is 5.53. The highest BCUT2D eigenvalue weighted by Crippen LogP contribution is 2.27. The van der Waals surface area contributed by atoms with E-state index in [0.29, 0.717) is 28.1 Å². The average Bonchev–Trinajstić information content (AvgIpc) is 3.02. The van der Waals surface area contributed by atoms with Crippen LogP contribution in [0.25, 0.3) is 11.4 Å². The van der Waals surface area contributed by atoms with Crippen molar-refractivity contribution in [3.8, 4) is 11.4 Å². The third-order valence-corrected chi connectivity index (χ3v) is 4.96. The summed E-state index contributed by atoms with van der Waals surface area (Å²) < 4.78 is 1.35. The summed E-state index contributed by atoms with van der Waals surface area (Å²) in [5.41, 5.74) is 1.88. The van der Waals surface area contributed by atoms with Crippen LogP contribution >= 0.6 is 23.4 Å². The Morgan fingerprint density at radius 1 is 1.12 bits per heavy atom. The fraction of sp³-hybridized carbons (Fsp3) is 0.167. The van der Waals surface area contributed by atoms with E-state index in [2.05, 4.69) is 15.5 Å². The summed E-state index contributed by atoms with van der Waals surface area (Å²) in [6.07, 6.45) is 0.793. The maximum absolute atomic E-state index is 12.0. The number of aromatic nitrogens is 3. The van der Waals surface area contributed by atoms with E-state index in [0.717, 1.165) is 6.42 Å². The lowest BCUT2D eigenvalue weighted by Gasteiger charge is -2.06. The highest BCUT2D eigenvalue weighted by atomic mass is 35.5. The summed E-state index contributed by atoms with van der Waals surface area (Å²) in [4.78, 5) is 12.0. The number of carbonyl (C=O) groups is 1. The van der Waals surface area contributed by atoms with Crippen molar-refractivity contribution in [2.45, 2.75) is 11.6 Å². The van der Waals surface area contributed by atoms with Crippen LogP contribution in [-0.2, 0) is 11.2 Å². The van der Waals surface area contributed by atoms with E-state index in [1.165, 1.54) is 22.0 Å². The van der Waals surface area contributed by atoms with Gasteiger partial charge in [-0.25, -0.2) is 4.68 Å². The number of nitrogen functional groups attached to an aromatic ring is 1. The summed E-state index contributed by atoms with van der Waals surface area (Å²) in [6.45, 7) is 0.587. The summed E-state index contributed by atoms with van der Waals surface area (Å²) in [5, 5.41) is 12.0. The molecule has 8 heteroatoms. The van der Waals surface area contributed by atoms with Crippen molar-refractivity contribution in [3.63, 3.8) is 0 Å². The van der Waals surface area contributed by atoms with Crippen LogP contribution in [0, 0.1) is 0 Å². The van der Waals surface area contributed by atoms with Gasteiger partial charge >= 0.3 is 0 Å². The second kappa shape index (κ2) is 8.73. The van der Waals surface area contributed by atoms with Gasteiger partial charge in [0.25, 0.3) is 0 Å². The molecule has 3 aromatic rings. The molecule has 134 valence electrons. The highest BCUT2D eigenvalue weighted by molar-refractivity contribution is 7.99. The van der Waals surface area contributed by atoms with E-state index in [1.54, 1.807) is 6.07 Å². The van der Waals surface area contributed by atoms with Gasteiger partial charge in [0.15, 0.2) is 5.82 Å². The first-order valence-electron chi connectivity index (χ1n) is 8.04. The van der Waals surface area contributed by atoms with E-state index in [9.17, 15) is 4.79 Å². The topological polar surface area (TPSA) is 85.8 Å². The van der Waals surface area contributed by atoms with Crippen LogP contribution in [0.4, 0.5) is 0 Å². The molecular formula is C18H18ClN5OS. The van der Waals surface area contributed by atoms with E-state index >= 15 is 0 Å². The Morgan fingerprint density at radius 3 is 2.62 bits per heavy atom. The highest BCUT2D eigenvalue weighted by Gasteiger charge is 2.15. The number of carbonyl (C=O) groups excluding carboxylic acids is 1. The van der Waals surface area contributed by atoms with Crippen LogP contribution in [0.3, 0.4) is 0 Å². The quantitative estimate of drug-likeness (QED) is 0.481. The minimum absolute atomic E-state index is 0.0757. The number of benzene rings is 2. The van der Waals surface area contributed by atoms with Crippen molar-refractivity contribution in [2.24, 2.45) is 0 Å². The van der Waals surface area contributed by atoms with Crippen LogP contribution in [0.2, 0.25) is 5.02 Å². The minimum Gasteiger partial charge on any atom is -0.355 e. The number of hydrogen-bond donors (Lipinski definition) is 2. The molecular weight excluding hydrogens is 370 g/mol. The molecule has 0 fully saturated rings. The summed E-state index contributed by atoms with van der Waals surface area (Å²) in [5.74, 6) is 6.65. The van der Waals surface area contributed by atoms with Gasteiger partial charge in [-0.15, -0.1) is 10.2 Å². The molecule has 0 aliphatic heterocycles. The Labute approximate surface area is 160 Å². The van der Waals surface area contributed by atoms with Gasteiger partial charge in [0, 0.05) is 12.1 Å². The van der Waals surface area contributed by atoms with Gasteiger partial charge < -0.3 is 11.2 Å². The van der Waals surface area contributed by atoms with Crippen molar-refractivity contribution < 1.29 is 4.79 Å². The molecule has 0 spiro atoms. The van der Waals surface area contributed by atoms with E-state index in [-0.39, 0.29) is 11.7 Å². The van der Waals surface area contributed by atoms with Crippen molar-refractivity contribution in [1.29, 1.82) is 0 Å². The smallest absolute Gasteiger partial charge is 0.230 e. The minimum atomic E-state index is -0.0757. The van der Waals surface area contributed by atoms with E-state index in [4.69, 9.17) is 17.4 Å². The number of rotatable bonds is 7. The Hall–Kier alpha value is -2.51. The number of nitrogens with one attached hydrogen (secondary N) is 1. The maximum atomic E-state index is 12.0. The van der Waals surface area contributed by atoms with Gasteiger partial charge in [0.05, 0.1) is 10.8 Å². The number of nitrogens with zero attached hydrogens (tertiary/aromatic N) is 3. The van der Waals surface area contributed by atoms with Crippen molar-refractivity contribution >= 4 is 29.3 Å². The van der Waals surface area contributed by atoms with Crippen molar-refractivity contribution in [2.75, 3.05) is 18.1 Å². The number of hydrogen-bond acceptors (Lipinski definition) is 5. The zero-order valence-corrected chi connectivity index (χ0v) is 15.5. The molecule has 0 radical (unpaired) electrons. The first-order valence-corrected chi connectivity index (χ1v) is 9.40. The van der Waals surface area contributed by atoms with Crippen LogP contribution in [0.5, 0.6) is 0 Å². The third-order valence-electron chi connectivity index (χ3n) is 3.69. The second-order valence-corrected chi connectivity index (χ2v) is 6.88. The molecule has 1 aromatic heterocycles. The molecule has 0 aliphatic carbocycles. The molecule has 6 nitrogen and oxygen atoms in total. The van der Waals surface area contributed by atoms with Gasteiger partial charge in [-0.05, 0) is 24.1 Å². The Bertz CT molecular complexity index is 884. The van der Waals surface area contributed by atoms with Crippen LogP contribution in [0.1, 0.15) is 5.56 Å². The Morgan fingerprint density at radius 2 is 1.85 bits per heavy atom. The monoisotopic (exact) mass is 387 g/mol. The molecule has 1 heterocycles. The molecule has 3 N–H and O–H groups in total. The van der Waals surface area contributed by atoms with Crippen molar-refractivity contribution in [3.05, 3.63) is 65.2 Å². The molecule has 26 heavy (non-hydrogen) atoms. The number of thioether (sulfide) groups is 1. The SMILES string of the molecule is Nn1c(SCC(=O)NCCc2ccccc2)nnc1-c1ccccc1Cl. The average molecular weight is 388 g/mol. The van der Waals surface area contributed by atoms with Crippen LogP contribution in [-0.4, -0.2) is 33.1 Å². The molecule has 3 rings (SSSR count). The van der Waals surface area contributed by atoms with E-state index < -0.39 is 0 Å². The Balaban J connectivity index is 1.52. The van der Waals surface area contributed by atoms with Crippen molar-refractivity contribution in [1.82, 2.24) is 20.2 Å². The summed E-state index contributed by atoms with van der Waals surface area (Å²) in [7, 11) is 0. The fourth-order valence-corrected chi connectivity index (χ4v) is 3.28. The zero-order valence-electron chi connectivity index (χ0n) is 13.9. The molecule has 0 atom stereocenters. The largest absolute Gasteiger partial charge is 0.355 e. The van der Waals surface area contributed by atoms with Gasteiger partial charge in [-0.3, -0.25) is 4.79 Å². The lowest BCUT2D eigenvalue weighted by molar-refractivity contribution is -0.118. The molecule has 0 unspecified atom stereocenters. The first-order chi connectivity index (χ1) is 12.6. The predicted molar refractivity (Wildman–Crippen MR) is 104 cm³/mol. The molecule has 0 aliphatic rings. The third kappa shape index (κ3) is 4.56. The maximum Gasteiger partial charge on any atom is 0.230 e. The van der Waals surface area contributed by atoms with Gasteiger partial charge in [-0.2, -0.15) is 0 Å². The number of nitrogens with two attached hydrogens (primary N) is 1.